The summed E-state index contributed by atoms with van der Waals surface area (Å²) in [6, 6.07) is 4.91. The van der Waals surface area contributed by atoms with Gasteiger partial charge in [0.2, 0.25) is 0 Å². The van der Waals surface area contributed by atoms with E-state index >= 15 is 0 Å². The van der Waals surface area contributed by atoms with Crippen LogP contribution >= 0.6 is 0 Å². The maximum Gasteiger partial charge on any atom is 0.306 e. The molecule has 1 aromatic heterocycles. The minimum Gasteiger partial charge on any atom is -0.481 e. The summed E-state index contributed by atoms with van der Waals surface area (Å²) < 4.78 is 20.6. The molecule has 6 heteroatoms. The smallest absolute Gasteiger partial charge is 0.306 e. The Kier molecular flexibility index (Phi) is 4.20. The third kappa shape index (κ3) is 2.50. The van der Waals surface area contributed by atoms with Crippen molar-refractivity contribution in [3.63, 3.8) is 0 Å². The van der Waals surface area contributed by atoms with Gasteiger partial charge in [0.1, 0.15) is 11.4 Å². The molecule has 0 radical (unpaired) electrons. The fourth-order valence-electron chi connectivity index (χ4n) is 4.85. The predicted octanol–water partition coefficient (Wildman–Crippen LogP) is 4.00. The van der Waals surface area contributed by atoms with E-state index in [1.54, 1.807) is 0 Å². The molecule has 136 valence electrons. The lowest BCUT2D eigenvalue weighted by Crippen LogP contribution is -2.45. The van der Waals surface area contributed by atoms with Gasteiger partial charge in [-0.3, -0.25) is 4.79 Å². The summed E-state index contributed by atoms with van der Waals surface area (Å²) in [4.78, 5) is 14.8. The van der Waals surface area contributed by atoms with Crippen molar-refractivity contribution in [1.82, 2.24) is 4.98 Å². The van der Waals surface area contributed by atoms with Crippen molar-refractivity contribution in [3.05, 3.63) is 34.8 Å². The normalized spacial score (nSPS) is 23.5. The number of aromatic amines is 1. The van der Waals surface area contributed by atoms with E-state index < -0.39 is 17.4 Å². The lowest BCUT2D eigenvalue weighted by molar-refractivity contribution is -0.158. The van der Waals surface area contributed by atoms with E-state index in [4.69, 9.17) is 4.74 Å². The molecule has 2 heterocycles. The highest BCUT2D eigenvalue weighted by atomic mass is 19.1. The third-order valence-corrected chi connectivity index (χ3v) is 5.94. The average molecular weight is 356 g/mol. The number of ether oxygens (including phenoxy) is 1. The van der Waals surface area contributed by atoms with Gasteiger partial charge in [-0.2, -0.15) is 5.26 Å². The summed E-state index contributed by atoms with van der Waals surface area (Å²) in [5, 5.41) is 19.6. The monoisotopic (exact) mass is 356 g/mol. The van der Waals surface area contributed by atoms with Crippen LogP contribution in [0.25, 0.3) is 10.9 Å². The van der Waals surface area contributed by atoms with Gasteiger partial charge in [0, 0.05) is 5.39 Å². The number of halogens is 1. The number of nitrogens with zero attached hydrogens (tertiary/aromatic N) is 1. The average Bonchev–Trinajstić information content (AvgIpc) is 3.05. The molecule has 2 aliphatic rings. The van der Waals surface area contributed by atoms with E-state index in [2.05, 4.69) is 11.1 Å². The fraction of sp³-hybridized carbons (Fsp3) is 0.500. The highest BCUT2D eigenvalue weighted by Crippen LogP contribution is 2.49. The van der Waals surface area contributed by atoms with E-state index in [9.17, 15) is 19.6 Å². The zero-order chi connectivity index (χ0) is 18.3. The van der Waals surface area contributed by atoms with Gasteiger partial charge < -0.3 is 14.8 Å². The van der Waals surface area contributed by atoms with Crippen molar-refractivity contribution in [2.45, 2.75) is 50.5 Å². The van der Waals surface area contributed by atoms with Gasteiger partial charge >= 0.3 is 5.97 Å². The molecule has 1 saturated carbocycles. The first kappa shape index (κ1) is 17.0. The number of hydrogen-bond donors (Lipinski definition) is 2. The Morgan fingerprint density at radius 2 is 2.15 bits per heavy atom. The molecule has 0 amide bonds. The largest absolute Gasteiger partial charge is 0.481 e. The van der Waals surface area contributed by atoms with Gasteiger partial charge in [0.15, 0.2) is 0 Å². The number of nitriles is 1. The van der Waals surface area contributed by atoms with E-state index in [1.807, 2.05) is 0 Å². The van der Waals surface area contributed by atoms with E-state index in [0.717, 1.165) is 37.7 Å². The van der Waals surface area contributed by atoms with Crippen LogP contribution in [0.15, 0.2) is 12.1 Å². The maximum absolute atomic E-state index is 14.4. The Morgan fingerprint density at radius 3 is 2.85 bits per heavy atom. The van der Waals surface area contributed by atoms with Crippen LogP contribution in [-0.4, -0.2) is 22.7 Å². The zero-order valence-corrected chi connectivity index (χ0v) is 14.5. The van der Waals surface area contributed by atoms with Crippen LogP contribution < -0.4 is 0 Å². The highest BCUT2D eigenvalue weighted by Gasteiger charge is 2.48. The Labute approximate surface area is 150 Å². The lowest BCUT2D eigenvalue weighted by atomic mass is 9.71. The van der Waals surface area contributed by atoms with Crippen LogP contribution in [0.5, 0.6) is 0 Å². The molecule has 2 N–H and O–H groups in total. The van der Waals surface area contributed by atoms with Crippen LogP contribution in [0.3, 0.4) is 0 Å². The molecule has 1 fully saturated rings. The van der Waals surface area contributed by atoms with Gasteiger partial charge in [-0.1, -0.05) is 19.3 Å². The standard InChI is InChI=1S/C20H21FN2O3/c21-15-7-6-12(11-22)17-14-8-9-26-20(10-16(24)25,19(14)23-18(15)17)13-4-2-1-3-5-13/h6-7,13,23H,1-5,8-10H2,(H,24,25). The first-order chi connectivity index (χ1) is 12.6. The SMILES string of the molecule is N#Cc1ccc(F)c2[nH]c3c(c12)CCOC3(CC(=O)O)C1CCCCC1. The second kappa shape index (κ2) is 6.40. The molecule has 5 nitrogen and oxygen atoms in total. The van der Waals surface area contributed by atoms with Gasteiger partial charge in [0.25, 0.3) is 0 Å². The molecule has 0 saturated heterocycles. The molecule has 26 heavy (non-hydrogen) atoms. The molecule has 1 unspecified atom stereocenters. The second-order valence-corrected chi connectivity index (χ2v) is 7.33. The molecular formula is C20H21FN2O3. The summed E-state index contributed by atoms with van der Waals surface area (Å²) >= 11 is 0. The predicted molar refractivity (Wildman–Crippen MR) is 93.1 cm³/mol. The Morgan fingerprint density at radius 1 is 1.38 bits per heavy atom. The Bertz CT molecular complexity index is 908. The lowest BCUT2D eigenvalue weighted by Gasteiger charge is -2.44. The number of hydrogen-bond acceptors (Lipinski definition) is 3. The molecule has 4 rings (SSSR count). The molecular weight excluding hydrogens is 335 g/mol. The van der Waals surface area contributed by atoms with Crippen molar-refractivity contribution in [1.29, 1.82) is 5.26 Å². The molecule has 0 bridgehead atoms. The van der Waals surface area contributed by atoms with Crippen molar-refractivity contribution in [3.8, 4) is 6.07 Å². The van der Waals surface area contributed by atoms with Crippen molar-refractivity contribution >= 4 is 16.9 Å². The fourth-order valence-corrected chi connectivity index (χ4v) is 4.85. The second-order valence-electron chi connectivity index (χ2n) is 7.33. The molecule has 2 aromatic rings. The van der Waals surface area contributed by atoms with Crippen LogP contribution in [0.4, 0.5) is 4.39 Å². The van der Waals surface area contributed by atoms with Gasteiger partial charge in [-0.25, -0.2) is 4.39 Å². The van der Waals surface area contributed by atoms with E-state index in [1.165, 1.54) is 12.1 Å². The first-order valence-corrected chi connectivity index (χ1v) is 9.16. The molecule has 1 aliphatic heterocycles. The van der Waals surface area contributed by atoms with Gasteiger partial charge in [0.05, 0.1) is 35.9 Å². The number of nitrogens with one attached hydrogen (secondary N) is 1. The minimum atomic E-state index is -0.974. The number of fused-ring (bicyclic) bond motifs is 3. The van der Waals surface area contributed by atoms with Crippen LogP contribution in [0, 0.1) is 23.1 Å². The van der Waals surface area contributed by atoms with Crippen molar-refractivity contribution < 1.29 is 19.0 Å². The summed E-state index contributed by atoms with van der Waals surface area (Å²) in [5.41, 5.74) is 1.22. The first-order valence-electron chi connectivity index (χ1n) is 9.16. The molecule has 1 aliphatic carbocycles. The molecule has 1 atom stereocenters. The zero-order valence-electron chi connectivity index (χ0n) is 14.5. The summed E-state index contributed by atoms with van der Waals surface area (Å²) in [5.74, 6) is -1.28. The van der Waals surface area contributed by atoms with Gasteiger partial charge in [-0.15, -0.1) is 0 Å². The molecule has 1 aromatic carbocycles. The van der Waals surface area contributed by atoms with E-state index in [-0.39, 0.29) is 17.9 Å². The quantitative estimate of drug-likeness (QED) is 0.870. The number of carboxylic acids is 1. The Hall–Kier alpha value is -2.39. The Balaban J connectivity index is 1.97. The van der Waals surface area contributed by atoms with Crippen molar-refractivity contribution in [2.24, 2.45) is 5.92 Å². The topological polar surface area (TPSA) is 86.1 Å². The van der Waals surface area contributed by atoms with Gasteiger partial charge in [-0.05, 0) is 42.9 Å². The molecule has 0 spiro atoms. The summed E-state index contributed by atoms with van der Waals surface area (Å²) in [6.45, 7) is 0.380. The number of rotatable bonds is 3. The van der Waals surface area contributed by atoms with Crippen LogP contribution in [0.2, 0.25) is 0 Å². The van der Waals surface area contributed by atoms with Crippen molar-refractivity contribution in [2.75, 3.05) is 6.61 Å². The number of aliphatic carboxylic acids is 1. The number of H-pyrrole nitrogens is 1. The maximum atomic E-state index is 14.4. The minimum absolute atomic E-state index is 0.0769. The number of aromatic nitrogens is 1. The van der Waals surface area contributed by atoms with Crippen LogP contribution in [-0.2, 0) is 21.6 Å². The third-order valence-electron chi connectivity index (χ3n) is 5.94. The number of carbonyl (C=O) groups is 1. The van der Waals surface area contributed by atoms with E-state index in [0.29, 0.717) is 29.7 Å². The summed E-state index contributed by atoms with van der Waals surface area (Å²) in [7, 11) is 0. The number of carboxylic acid groups (broad SMARTS) is 1. The highest BCUT2D eigenvalue weighted by molar-refractivity contribution is 5.91. The number of benzene rings is 1. The summed E-state index contributed by atoms with van der Waals surface area (Å²) in [6.07, 6.45) is 5.42. The van der Waals surface area contributed by atoms with Crippen LogP contribution in [0.1, 0.15) is 55.3 Å².